The van der Waals surface area contributed by atoms with E-state index < -0.39 is 6.04 Å². The van der Waals surface area contributed by atoms with Crippen LogP contribution in [0.5, 0.6) is 0 Å². The molecular weight excluding hydrogens is 352 g/mol. The Bertz CT molecular complexity index is 529. The Hall–Kier alpha value is -0.630. The first-order valence-electron chi connectivity index (χ1n) is 4.97. The maximum atomic E-state index is 9.10. The van der Waals surface area contributed by atoms with Crippen molar-refractivity contribution >= 4 is 34.2 Å². The summed E-state index contributed by atoms with van der Waals surface area (Å²) >= 11 is 8.12. The fraction of sp³-hybridized carbons (Fsp3) is 0.182. The third kappa shape index (κ3) is 2.62. The molecule has 1 aromatic carbocycles. The summed E-state index contributed by atoms with van der Waals surface area (Å²) in [5, 5.41) is 9.79. The number of halogens is 2. The molecule has 1 unspecified atom stereocenters. The number of aliphatic hydroxyl groups is 1. The van der Waals surface area contributed by atoms with Crippen LogP contribution >= 0.6 is 34.2 Å². The summed E-state index contributed by atoms with van der Waals surface area (Å²) in [5.74, 6) is 0. The van der Waals surface area contributed by atoms with Gasteiger partial charge in [0.15, 0.2) is 0 Å². The number of nitrogens with zero attached hydrogens (tertiary/aromatic N) is 2. The molecule has 90 valence electrons. The van der Waals surface area contributed by atoms with E-state index in [1.165, 1.54) is 0 Å². The highest BCUT2D eigenvalue weighted by Crippen LogP contribution is 2.24. The van der Waals surface area contributed by atoms with Crippen LogP contribution in [0.4, 0.5) is 0 Å². The van der Waals surface area contributed by atoms with Gasteiger partial charge in [-0.15, -0.1) is 0 Å². The molecule has 1 heterocycles. The lowest BCUT2D eigenvalue weighted by Crippen LogP contribution is -2.18. The van der Waals surface area contributed by atoms with E-state index in [0.29, 0.717) is 5.02 Å². The summed E-state index contributed by atoms with van der Waals surface area (Å²) in [7, 11) is 0. The number of rotatable bonds is 3. The normalized spacial score (nSPS) is 12.7. The Labute approximate surface area is 118 Å². The Kier molecular flexibility index (Phi) is 4.03. The predicted molar refractivity (Wildman–Crippen MR) is 75.3 cm³/mol. The minimum Gasteiger partial charge on any atom is -0.394 e. The summed E-state index contributed by atoms with van der Waals surface area (Å²) in [5.41, 5.74) is 7.54. The number of hydrogen-bond donors (Lipinski definition) is 2. The molecular formula is C11H11ClIN3O. The number of hydrogen-bond acceptors (Lipinski definition) is 3. The Morgan fingerprint density at radius 2 is 2.29 bits per heavy atom. The van der Waals surface area contributed by atoms with E-state index in [4.69, 9.17) is 22.4 Å². The zero-order valence-electron chi connectivity index (χ0n) is 8.85. The first kappa shape index (κ1) is 12.8. The van der Waals surface area contributed by atoms with E-state index in [9.17, 15) is 0 Å². The molecule has 1 aromatic heterocycles. The molecule has 17 heavy (non-hydrogen) atoms. The standard InChI is InChI=1S/C11H11ClIN3O/c12-7-1-2-10(8(13)3-7)16-6-15-4-11(16)9(14)5-17/h1-4,6,9,17H,5,14H2. The van der Waals surface area contributed by atoms with Crippen molar-refractivity contribution in [1.29, 1.82) is 0 Å². The fourth-order valence-electron chi connectivity index (χ4n) is 1.55. The average Bonchev–Trinajstić information content (AvgIpc) is 2.77. The van der Waals surface area contributed by atoms with E-state index in [1.807, 2.05) is 22.8 Å². The summed E-state index contributed by atoms with van der Waals surface area (Å²) in [6.45, 7) is -0.115. The van der Waals surface area contributed by atoms with E-state index in [0.717, 1.165) is 15.0 Å². The quantitative estimate of drug-likeness (QED) is 0.821. The Morgan fingerprint density at radius 1 is 1.53 bits per heavy atom. The molecule has 1 atom stereocenters. The van der Waals surface area contributed by atoms with E-state index >= 15 is 0 Å². The number of benzene rings is 1. The van der Waals surface area contributed by atoms with Gasteiger partial charge >= 0.3 is 0 Å². The van der Waals surface area contributed by atoms with Crippen molar-refractivity contribution in [1.82, 2.24) is 9.55 Å². The summed E-state index contributed by atoms with van der Waals surface area (Å²) in [4.78, 5) is 4.07. The van der Waals surface area contributed by atoms with Gasteiger partial charge in [-0.1, -0.05) is 11.6 Å². The van der Waals surface area contributed by atoms with Crippen molar-refractivity contribution in [3.05, 3.63) is 45.0 Å². The molecule has 0 saturated carbocycles. The Morgan fingerprint density at radius 3 is 2.94 bits per heavy atom. The number of imidazole rings is 1. The highest BCUT2D eigenvalue weighted by atomic mass is 127. The third-order valence-electron chi connectivity index (χ3n) is 2.41. The van der Waals surface area contributed by atoms with Gasteiger partial charge in [0.05, 0.1) is 36.6 Å². The van der Waals surface area contributed by atoms with Crippen LogP contribution in [0.1, 0.15) is 11.7 Å². The van der Waals surface area contributed by atoms with Crippen molar-refractivity contribution in [2.24, 2.45) is 5.73 Å². The maximum Gasteiger partial charge on any atom is 0.0995 e. The lowest BCUT2D eigenvalue weighted by Gasteiger charge is -2.13. The molecule has 2 aromatic rings. The highest BCUT2D eigenvalue weighted by molar-refractivity contribution is 14.1. The van der Waals surface area contributed by atoms with Gasteiger partial charge in [-0.25, -0.2) is 4.98 Å². The molecule has 0 spiro atoms. The second kappa shape index (κ2) is 5.34. The second-order valence-electron chi connectivity index (χ2n) is 3.57. The van der Waals surface area contributed by atoms with Crippen LogP contribution in [-0.4, -0.2) is 21.3 Å². The van der Waals surface area contributed by atoms with Crippen LogP contribution in [0.15, 0.2) is 30.7 Å². The van der Waals surface area contributed by atoms with E-state index in [-0.39, 0.29) is 6.61 Å². The van der Waals surface area contributed by atoms with Crippen LogP contribution in [-0.2, 0) is 0 Å². The first-order valence-corrected chi connectivity index (χ1v) is 6.43. The number of aromatic nitrogens is 2. The van der Waals surface area contributed by atoms with Gasteiger partial charge in [0, 0.05) is 8.59 Å². The zero-order valence-corrected chi connectivity index (χ0v) is 11.8. The molecule has 2 rings (SSSR count). The van der Waals surface area contributed by atoms with Crippen LogP contribution in [0.25, 0.3) is 5.69 Å². The van der Waals surface area contributed by atoms with Crippen molar-refractivity contribution < 1.29 is 5.11 Å². The van der Waals surface area contributed by atoms with Gasteiger partial charge in [0.1, 0.15) is 0 Å². The molecule has 0 saturated heterocycles. The Balaban J connectivity index is 2.50. The largest absolute Gasteiger partial charge is 0.394 e. The van der Waals surface area contributed by atoms with Crippen molar-refractivity contribution in [2.45, 2.75) is 6.04 Å². The van der Waals surface area contributed by atoms with Gasteiger partial charge in [0.25, 0.3) is 0 Å². The molecule has 0 aliphatic rings. The monoisotopic (exact) mass is 363 g/mol. The SMILES string of the molecule is NC(CO)c1cncn1-c1ccc(Cl)cc1I. The molecule has 0 aliphatic heterocycles. The number of aliphatic hydroxyl groups excluding tert-OH is 1. The zero-order chi connectivity index (χ0) is 12.4. The van der Waals surface area contributed by atoms with Crippen LogP contribution in [0.3, 0.4) is 0 Å². The predicted octanol–water partition coefficient (Wildman–Crippen LogP) is 2.12. The van der Waals surface area contributed by atoms with Crippen LogP contribution in [0, 0.1) is 3.57 Å². The van der Waals surface area contributed by atoms with Crippen LogP contribution in [0.2, 0.25) is 5.02 Å². The lowest BCUT2D eigenvalue weighted by molar-refractivity contribution is 0.265. The maximum absolute atomic E-state index is 9.10. The van der Waals surface area contributed by atoms with Crippen LogP contribution < -0.4 is 5.73 Å². The second-order valence-corrected chi connectivity index (χ2v) is 5.17. The van der Waals surface area contributed by atoms with Gasteiger partial charge in [0.2, 0.25) is 0 Å². The molecule has 0 radical (unpaired) electrons. The fourth-order valence-corrected chi connectivity index (χ4v) is 2.68. The molecule has 0 fully saturated rings. The summed E-state index contributed by atoms with van der Waals surface area (Å²) in [6, 6.07) is 5.14. The van der Waals surface area contributed by atoms with Gasteiger partial charge in [-0.05, 0) is 40.8 Å². The molecule has 0 aliphatic carbocycles. The first-order chi connectivity index (χ1) is 8.13. The summed E-state index contributed by atoms with van der Waals surface area (Å²) in [6.07, 6.45) is 3.34. The third-order valence-corrected chi connectivity index (χ3v) is 3.51. The lowest BCUT2D eigenvalue weighted by atomic mass is 10.2. The van der Waals surface area contributed by atoms with E-state index in [1.54, 1.807) is 12.5 Å². The molecule has 0 amide bonds. The van der Waals surface area contributed by atoms with Crippen molar-refractivity contribution in [3.63, 3.8) is 0 Å². The summed E-state index contributed by atoms with van der Waals surface area (Å²) < 4.78 is 2.86. The minimum atomic E-state index is -0.441. The molecule has 6 heteroatoms. The minimum absolute atomic E-state index is 0.115. The average molecular weight is 364 g/mol. The smallest absolute Gasteiger partial charge is 0.0995 e. The van der Waals surface area contributed by atoms with Gasteiger partial charge < -0.3 is 15.4 Å². The van der Waals surface area contributed by atoms with Gasteiger partial charge in [-0.2, -0.15) is 0 Å². The van der Waals surface area contributed by atoms with Gasteiger partial charge in [-0.3, -0.25) is 0 Å². The molecule has 4 nitrogen and oxygen atoms in total. The van der Waals surface area contributed by atoms with E-state index in [2.05, 4.69) is 27.6 Å². The highest BCUT2D eigenvalue weighted by Gasteiger charge is 2.13. The molecule has 3 N–H and O–H groups in total. The van der Waals surface area contributed by atoms with Crippen molar-refractivity contribution in [2.75, 3.05) is 6.61 Å². The molecule has 0 bridgehead atoms. The number of nitrogens with two attached hydrogens (primary N) is 1. The van der Waals surface area contributed by atoms with Crippen molar-refractivity contribution in [3.8, 4) is 5.69 Å². The topological polar surface area (TPSA) is 64.1 Å².